The van der Waals surface area contributed by atoms with Crippen molar-refractivity contribution in [1.82, 2.24) is 15.6 Å². The van der Waals surface area contributed by atoms with E-state index in [1.165, 1.54) is 0 Å². The van der Waals surface area contributed by atoms with Crippen LogP contribution in [0.4, 0.5) is 4.79 Å². The number of alkyl carbamates (subject to hydrolysis) is 1. The van der Waals surface area contributed by atoms with Gasteiger partial charge in [0.25, 0.3) is 0 Å². The van der Waals surface area contributed by atoms with Gasteiger partial charge in [-0.1, -0.05) is 30.3 Å². The van der Waals surface area contributed by atoms with E-state index in [0.717, 1.165) is 17.0 Å². The summed E-state index contributed by atoms with van der Waals surface area (Å²) in [5.74, 6) is 0. The van der Waals surface area contributed by atoms with Crippen LogP contribution >= 0.6 is 11.3 Å². The summed E-state index contributed by atoms with van der Waals surface area (Å²) < 4.78 is 5.36. The molecule has 0 aliphatic heterocycles. The van der Waals surface area contributed by atoms with E-state index in [1.54, 1.807) is 11.3 Å². The highest BCUT2D eigenvalue weighted by Crippen LogP contribution is 2.14. The second kappa shape index (κ2) is 8.08. The van der Waals surface area contributed by atoms with Gasteiger partial charge in [0.1, 0.15) is 5.60 Å². The fraction of sp³-hybridized carbons (Fsp3) is 0.412. The molecular formula is C17H23N3O2S. The molecule has 23 heavy (non-hydrogen) atoms. The summed E-state index contributed by atoms with van der Waals surface area (Å²) in [4.78, 5) is 17.3. The third kappa shape index (κ3) is 6.38. The van der Waals surface area contributed by atoms with Crippen molar-refractivity contribution >= 4 is 17.4 Å². The van der Waals surface area contributed by atoms with Crippen molar-refractivity contribution in [3.8, 4) is 0 Å². The summed E-state index contributed by atoms with van der Waals surface area (Å²) in [7, 11) is 0. The predicted octanol–water partition coefficient (Wildman–Crippen LogP) is 3.50. The molecule has 1 atom stereocenters. The highest BCUT2D eigenvalue weighted by atomic mass is 32.1. The highest BCUT2D eigenvalue weighted by molar-refractivity contribution is 7.09. The first-order valence-corrected chi connectivity index (χ1v) is 8.44. The molecule has 0 saturated heterocycles. The van der Waals surface area contributed by atoms with Crippen molar-refractivity contribution in [1.29, 1.82) is 0 Å². The van der Waals surface area contributed by atoms with E-state index in [0.29, 0.717) is 6.54 Å². The van der Waals surface area contributed by atoms with Gasteiger partial charge in [-0.15, -0.1) is 11.3 Å². The number of amides is 1. The van der Waals surface area contributed by atoms with E-state index in [4.69, 9.17) is 4.74 Å². The van der Waals surface area contributed by atoms with Gasteiger partial charge >= 0.3 is 6.09 Å². The molecule has 2 rings (SSSR count). The van der Waals surface area contributed by atoms with E-state index in [9.17, 15) is 4.79 Å². The van der Waals surface area contributed by atoms with Crippen molar-refractivity contribution in [3.05, 3.63) is 52.5 Å². The molecule has 1 heterocycles. The summed E-state index contributed by atoms with van der Waals surface area (Å²) in [6.07, 6.45) is 1.43. The Morgan fingerprint density at radius 2 is 2.04 bits per heavy atom. The summed E-state index contributed by atoms with van der Waals surface area (Å²) >= 11 is 1.61. The largest absolute Gasteiger partial charge is 0.444 e. The van der Waals surface area contributed by atoms with Gasteiger partial charge in [0.05, 0.1) is 11.6 Å². The van der Waals surface area contributed by atoms with Gasteiger partial charge in [0.2, 0.25) is 0 Å². The van der Waals surface area contributed by atoms with Crippen LogP contribution in [0.3, 0.4) is 0 Å². The number of benzene rings is 1. The van der Waals surface area contributed by atoms with E-state index in [-0.39, 0.29) is 6.04 Å². The predicted molar refractivity (Wildman–Crippen MR) is 92.4 cm³/mol. The standard InChI is InChI=1S/C17H23N3O2S/c1-17(2,3)22-16(21)20-15(13-7-5-4-6-8-13)11-18-9-14-10-19-12-23-14/h4-8,10,12,15,18H,9,11H2,1-3H3,(H,20,21). The maximum Gasteiger partial charge on any atom is 0.408 e. The van der Waals surface area contributed by atoms with Crippen molar-refractivity contribution in [2.45, 2.75) is 39.0 Å². The van der Waals surface area contributed by atoms with Crippen LogP contribution in [-0.2, 0) is 11.3 Å². The zero-order valence-electron chi connectivity index (χ0n) is 13.7. The zero-order chi connectivity index (χ0) is 16.7. The van der Waals surface area contributed by atoms with Gasteiger partial charge in [-0.25, -0.2) is 4.79 Å². The van der Waals surface area contributed by atoms with Gasteiger partial charge in [-0.3, -0.25) is 4.98 Å². The Morgan fingerprint density at radius 3 is 2.65 bits per heavy atom. The molecule has 1 aromatic heterocycles. The first-order chi connectivity index (χ1) is 10.9. The molecule has 0 aliphatic rings. The first kappa shape index (κ1) is 17.4. The Labute approximate surface area is 141 Å². The molecule has 0 aliphatic carbocycles. The van der Waals surface area contributed by atoms with Gasteiger partial charge in [0.15, 0.2) is 0 Å². The molecule has 2 N–H and O–H groups in total. The number of ether oxygens (including phenoxy) is 1. The molecule has 1 aromatic carbocycles. The second-order valence-electron chi connectivity index (χ2n) is 6.21. The summed E-state index contributed by atoms with van der Waals surface area (Å²) in [6.45, 7) is 6.90. The third-order valence-electron chi connectivity index (χ3n) is 3.02. The minimum Gasteiger partial charge on any atom is -0.444 e. The van der Waals surface area contributed by atoms with Crippen LogP contribution < -0.4 is 10.6 Å². The molecule has 2 aromatic rings. The Bertz CT molecular complexity index is 594. The highest BCUT2D eigenvalue weighted by Gasteiger charge is 2.20. The number of hydrogen-bond acceptors (Lipinski definition) is 5. The number of carbonyl (C=O) groups excluding carboxylic acids is 1. The number of nitrogens with zero attached hydrogens (tertiary/aromatic N) is 1. The van der Waals surface area contributed by atoms with Crippen molar-refractivity contribution in [3.63, 3.8) is 0 Å². The van der Waals surface area contributed by atoms with Crippen LogP contribution in [0, 0.1) is 0 Å². The monoisotopic (exact) mass is 333 g/mol. The SMILES string of the molecule is CC(C)(C)OC(=O)NC(CNCc1cncs1)c1ccccc1. The lowest BCUT2D eigenvalue weighted by Crippen LogP contribution is -2.38. The molecule has 1 amide bonds. The smallest absolute Gasteiger partial charge is 0.408 e. The lowest BCUT2D eigenvalue weighted by atomic mass is 10.1. The number of thiazole rings is 1. The molecule has 5 nitrogen and oxygen atoms in total. The van der Waals surface area contributed by atoms with E-state index >= 15 is 0 Å². The van der Waals surface area contributed by atoms with Crippen LogP contribution in [0.25, 0.3) is 0 Å². The van der Waals surface area contributed by atoms with Crippen LogP contribution in [0.2, 0.25) is 0 Å². The lowest BCUT2D eigenvalue weighted by Gasteiger charge is -2.24. The Kier molecular flexibility index (Phi) is 6.12. The zero-order valence-corrected chi connectivity index (χ0v) is 14.5. The Hall–Kier alpha value is -1.92. The third-order valence-corrected chi connectivity index (χ3v) is 3.80. The van der Waals surface area contributed by atoms with E-state index in [2.05, 4.69) is 15.6 Å². The molecule has 0 fully saturated rings. The van der Waals surface area contributed by atoms with E-state index in [1.807, 2.05) is 62.8 Å². The lowest BCUT2D eigenvalue weighted by molar-refractivity contribution is 0.0503. The van der Waals surface area contributed by atoms with Crippen LogP contribution in [0.1, 0.15) is 37.3 Å². The van der Waals surface area contributed by atoms with E-state index < -0.39 is 11.7 Å². The number of carbonyl (C=O) groups is 1. The summed E-state index contributed by atoms with van der Waals surface area (Å²) in [6, 6.07) is 9.72. The second-order valence-corrected chi connectivity index (χ2v) is 7.18. The van der Waals surface area contributed by atoms with Crippen LogP contribution in [0.15, 0.2) is 42.0 Å². The summed E-state index contributed by atoms with van der Waals surface area (Å²) in [5, 5.41) is 6.29. The molecular weight excluding hydrogens is 310 g/mol. The minimum atomic E-state index is -0.513. The average Bonchev–Trinajstić information content (AvgIpc) is 2.98. The first-order valence-electron chi connectivity index (χ1n) is 7.56. The fourth-order valence-corrected chi connectivity index (χ4v) is 2.62. The van der Waals surface area contributed by atoms with Gasteiger partial charge in [-0.05, 0) is 26.3 Å². The molecule has 0 spiro atoms. The topological polar surface area (TPSA) is 63.2 Å². The maximum absolute atomic E-state index is 12.1. The van der Waals surface area contributed by atoms with Gasteiger partial charge in [0, 0.05) is 24.2 Å². The van der Waals surface area contributed by atoms with Crippen LogP contribution in [0.5, 0.6) is 0 Å². The van der Waals surface area contributed by atoms with Gasteiger partial charge < -0.3 is 15.4 Å². The number of rotatable bonds is 6. The molecule has 0 bridgehead atoms. The quantitative estimate of drug-likeness (QED) is 0.849. The maximum atomic E-state index is 12.1. The molecule has 6 heteroatoms. The Balaban J connectivity index is 1.96. The Morgan fingerprint density at radius 1 is 1.30 bits per heavy atom. The normalized spacial score (nSPS) is 12.7. The summed E-state index contributed by atoms with van der Waals surface area (Å²) in [5.41, 5.74) is 2.33. The fourth-order valence-electron chi connectivity index (χ4n) is 2.06. The number of aromatic nitrogens is 1. The molecule has 0 saturated carbocycles. The van der Waals surface area contributed by atoms with Gasteiger partial charge in [-0.2, -0.15) is 0 Å². The average molecular weight is 333 g/mol. The van der Waals surface area contributed by atoms with Crippen LogP contribution in [-0.4, -0.2) is 23.2 Å². The molecule has 0 radical (unpaired) electrons. The number of nitrogens with one attached hydrogen (secondary N) is 2. The minimum absolute atomic E-state index is 0.154. The van der Waals surface area contributed by atoms with Crippen molar-refractivity contribution in [2.75, 3.05) is 6.54 Å². The van der Waals surface area contributed by atoms with Crippen molar-refractivity contribution in [2.24, 2.45) is 0 Å². The molecule has 124 valence electrons. The molecule has 1 unspecified atom stereocenters. The van der Waals surface area contributed by atoms with Crippen molar-refractivity contribution < 1.29 is 9.53 Å². The number of hydrogen-bond donors (Lipinski definition) is 2.